The van der Waals surface area contributed by atoms with E-state index in [0.717, 1.165) is 0 Å². The third-order valence-electron chi connectivity index (χ3n) is 1.39. The molecule has 72 valence electrons. The van der Waals surface area contributed by atoms with Gasteiger partial charge in [0.2, 0.25) is 5.76 Å². The summed E-state index contributed by atoms with van der Waals surface area (Å²) < 4.78 is 10.3. The molecular formula is C8H10BrNO3. The molecule has 1 aromatic heterocycles. The highest BCUT2D eigenvalue weighted by molar-refractivity contribution is 9.10. The number of nitrogens with zero attached hydrogens (tertiary/aromatic N) is 1. The van der Waals surface area contributed by atoms with E-state index in [2.05, 4.69) is 20.9 Å². The smallest absolute Gasteiger partial charge is 0.377 e. The van der Waals surface area contributed by atoms with Gasteiger partial charge in [-0.1, -0.05) is 6.92 Å². The first-order valence-electron chi connectivity index (χ1n) is 4.01. The van der Waals surface area contributed by atoms with Gasteiger partial charge in [-0.25, -0.2) is 9.78 Å². The molecule has 0 spiro atoms. The van der Waals surface area contributed by atoms with Gasteiger partial charge in [-0.3, -0.25) is 0 Å². The van der Waals surface area contributed by atoms with Gasteiger partial charge in [0.25, 0.3) is 0 Å². The third-order valence-corrected chi connectivity index (χ3v) is 1.93. The van der Waals surface area contributed by atoms with E-state index in [-0.39, 0.29) is 5.76 Å². The Hall–Kier alpha value is -0.840. The number of halogens is 1. The Kier molecular flexibility index (Phi) is 3.48. The molecular weight excluding hydrogens is 238 g/mol. The zero-order chi connectivity index (χ0) is 9.84. The number of aryl methyl sites for hydroxylation is 1. The molecule has 0 unspecified atom stereocenters. The van der Waals surface area contributed by atoms with Crippen LogP contribution < -0.4 is 0 Å². The van der Waals surface area contributed by atoms with E-state index in [1.165, 1.54) is 0 Å². The minimum atomic E-state index is -0.485. The lowest BCUT2D eigenvalue weighted by atomic mass is 10.5. The number of aromatic nitrogens is 1. The van der Waals surface area contributed by atoms with E-state index in [4.69, 9.17) is 9.15 Å². The van der Waals surface area contributed by atoms with Gasteiger partial charge in [0.1, 0.15) is 0 Å². The van der Waals surface area contributed by atoms with Crippen LogP contribution in [0.1, 0.15) is 30.3 Å². The first-order valence-corrected chi connectivity index (χ1v) is 4.80. The van der Waals surface area contributed by atoms with Crippen molar-refractivity contribution in [2.75, 3.05) is 6.61 Å². The van der Waals surface area contributed by atoms with E-state index in [1.54, 1.807) is 6.92 Å². The first-order chi connectivity index (χ1) is 6.19. The summed E-state index contributed by atoms with van der Waals surface area (Å²) in [7, 11) is 0. The highest BCUT2D eigenvalue weighted by atomic mass is 79.9. The summed E-state index contributed by atoms with van der Waals surface area (Å²) in [6.45, 7) is 3.96. The number of rotatable bonds is 3. The molecule has 0 saturated heterocycles. The van der Waals surface area contributed by atoms with Crippen molar-refractivity contribution >= 4 is 21.9 Å². The van der Waals surface area contributed by atoms with Crippen molar-refractivity contribution in [3.63, 3.8) is 0 Å². The van der Waals surface area contributed by atoms with Gasteiger partial charge in [0, 0.05) is 6.42 Å². The van der Waals surface area contributed by atoms with Crippen LogP contribution in [0.2, 0.25) is 0 Å². The summed E-state index contributed by atoms with van der Waals surface area (Å²) in [5.74, 6) is 0.176. The average molecular weight is 248 g/mol. The Morgan fingerprint density at radius 3 is 2.77 bits per heavy atom. The Morgan fingerprint density at radius 2 is 2.31 bits per heavy atom. The minimum Gasteiger partial charge on any atom is -0.460 e. The lowest BCUT2D eigenvalue weighted by Crippen LogP contribution is -2.03. The molecule has 0 saturated carbocycles. The predicted octanol–water partition coefficient (Wildman–Crippen LogP) is 2.18. The second-order valence-electron chi connectivity index (χ2n) is 2.30. The van der Waals surface area contributed by atoms with Crippen molar-refractivity contribution in [1.82, 2.24) is 4.98 Å². The molecule has 0 aliphatic rings. The number of hydrogen-bond donors (Lipinski definition) is 0. The van der Waals surface area contributed by atoms with Crippen LogP contribution >= 0.6 is 15.9 Å². The van der Waals surface area contributed by atoms with E-state index >= 15 is 0 Å². The zero-order valence-corrected chi connectivity index (χ0v) is 9.05. The molecule has 0 radical (unpaired) electrons. The van der Waals surface area contributed by atoms with Crippen molar-refractivity contribution in [2.24, 2.45) is 0 Å². The molecule has 1 rings (SSSR count). The molecule has 0 amide bonds. The van der Waals surface area contributed by atoms with Gasteiger partial charge in [-0.15, -0.1) is 0 Å². The summed E-state index contributed by atoms with van der Waals surface area (Å²) in [6.07, 6.45) is 0.651. The van der Waals surface area contributed by atoms with Crippen LogP contribution in [0.3, 0.4) is 0 Å². The van der Waals surface area contributed by atoms with Gasteiger partial charge >= 0.3 is 5.97 Å². The quantitative estimate of drug-likeness (QED) is 0.769. The summed E-state index contributed by atoms with van der Waals surface area (Å²) >= 11 is 3.12. The maximum absolute atomic E-state index is 11.2. The van der Waals surface area contributed by atoms with E-state index in [9.17, 15) is 4.79 Å². The van der Waals surface area contributed by atoms with Crippen LogP contribution in [0.25, 0.3) is 0 Å². The standard InChI is InChI=1S/C8H10BrNO3/c1-3-5-10-7(9)6(13-5)8(11)12-4-2/h3-4H2,1-2H3. The fourth-order valence-corrected chi connectivity index (χ4v) is 1.26. The molecule has 0 fully saturated rings. The van der Waals surface area contributed by atoms with Crippen LogP contribution in [0.5, 0.6) is 0 Å². The number of ether oxygens (including phenoxy) is 1. The van der Waals surface area contributed by atoms with E-state index in [0.29, 0.717) is 23.5 Å². The van der Waals surface area contributed by atoms with Crippen molar-refractivity contribution < 1.29 is 13.9 Å². The molecule has 1 heterocycles. The van der Waals surface area contributed by atoms with Gasteiger partial charge in [-0.2, -0.15) is 0 Å². The second-order valence-corrected chi connectivity index (χ2v) is 3.05. The number of carbonyl (C=O) groups is 1. The lowest BCUT2D eigenvalue weighted by Gasteiger charge is -1.96. The third kappa shape index (κ3) is 2.30. The maximum Gasteiger partial charge on any atom is 0.377 e. The van der Waals surface area contributed by atoms with Crippen molar-refractivity contribution in [3.8, 4) is 0 Å². The first kappa shape index (κ1) is 10.2. The molecule has 0 bridgehead atoms. The fraction of sp³-hybridized carbons (Fsp3) is 0.500. The zero-order valence-electron chi connectivity index (χ0n) is 7.46. The summed E-state index contributed by atoms with van der Waals surface area (Å²) in [6, 6.07) is 0. The van der Waals surface area contributed by atoms with Gasteiger partial charge in [-0.05, 0) is 22.9 Å². The monoisotopic (exact) mass is 247 g/mol. The SMILES string of the molecule is CCOC(=O)c1oc(CC)nc1Br. The molecule has 0 atom stereocenters. The van der Waals surface area contributed by atoms with E-state index in [1.807, 2.05) is 6.92 Å². The minimum absolute atomic E-state index is 0.138. The van der Waals surface area contributed by atoms with Crippen LogP contribution in [0.4, 0.5) is 0 Å². The highest BCUT2D eigenvalue weighted by Crippen LogP contribution is 2.18. The largest absolute Gasteiger partial charge is 0.460 e. The Labute approximate surface area is 84.4 Å². The van der Waals surface area contributed by atoms with Crippen LogP contribution in [-0.2, 0) is 11.2 Å². The van der Waals surface area contributed by atoms with E-state index < -0.39 is 5.97 Å². The predicted molar refractivity (Wildman–Crippen MR) is 49.5 cm³/mol. The molecule has 1 aromatic rings. The van der Waals surface area contributed by atoms with Crippen molar-refractivity contribution in [3.05, 3.63) is 16.3 Å². The number of esters is 1. The molecule has 0 aliphatic heterocycles. The van der Waals surface area contributed by atoms with Gasteiger partial charge < -0.3 is 9.15 Å². The number of carbonyl (C=O) groups excluding carboxylic acids is 1. The second kappa shape index (κ2) is 4.41. The lowest BCUT2D eigenvalue weighted by molar-refractivity contribution is 0.0486. The number of hydrogen-bond acceptors (Lipinski definition) is 4. The molecule has 0 aliphatic carbocycles. The average Bonchev–Trinajstić information content (AvgIpc) is 2.47. The van der Waals surface area contributed by atoms with Gasteiger partial charge in [0.05, 0.1) is 6.61 Å². The molecule has 4 nitrogen and oxygen atoms in total. The van der Waals surface area contributed by atoms with Crippen LogP contribution in [-0.4, -0.2) is 17.6 Å². The van der Waals surface area contributed by atoms with Crippen LogP contribution in [0.15, 0.2) is 9.02 Å². The Balaban J connectivity index is 2.87. The molecule has 0 N–H and O–H groups in total. The molecule has 13 heavy (non-hydrogen) atoms. The summed E-state index contributed by atoms with van der Waals surface area (Å²) in [4.78, 5) is 15.2. The fourth-order valence-electron chi connectivity index (χ4n) is 0.817. The highest BCUT2D eigenvalue weighted by Gasteiger charge is 2.18. The summed E-state index contributed by atoms with van der Waals surface area (Å²) in [5.41, 5.74) is 0. The topological polar surface area (TPSA) is 52.3 Å². The normalized spacial score (nSPS) is 10.1. The molecule has 5 heteroatoms. The van der Waals surface area contributed by atoms with Crippen molar-refractivity contribution in [1.29, 1.82) is 0 Å². The Bertz CT molecular complexity index is 308. The number of oxazole rings is 1. The van der Waals surface area contributed by atoms with Crippen LogP contribution in [0, 0.1) is 0 Å². The Morgan fingerprint density at radius 1 is 1.62 bits per heavy atom. The molecule has 0 aromatic carbocycles. The summed E-state index contributed by atoms with van der Waals surface area (Å²) in [5, 5.41) is 0. The van der Waals surface area contributed by atoms with Gasteiger partial charge in [0.15, 0.2) is 10.5 Å². The maximum atomic E-state index is 11.2. The van der Waals surface area contributed by atoms with Crippen molar-refractivity contribution in [2.45, 2.75) is 20.3 Å².